The normalized spacial score (nSPS) is 11.6. The van der Waals surface area contributed by atoms with Crippen molar-refractivity contribution in [3.63, 3.8) is 0 Å². The summed E-state index contributed by atoms with van der Waals surface area (Å²) in [6, 6.07) is 12.0. The highest BCUT2D eigenvalue weighted by Crippen LogP contribution is 2.32. The van der Waals surface area contributed by atoms with Crippen LogP contribution in [0.25, 0.3) is 0 Å². The number of nitrogens with two attached hydrogens (primary N) is 1. The molecule has 0 spiro atoms. The van der Waals surface area contributed by atoms with E-state index in [-0.39, 0.29) is 11.7 Å². The Morgan fingerprint density at radius 2 is 1.95 bits per heavy atom. The fourth-order valence-electron chi connectivity index (χ4n) is 1.63. The van der Waals surface area contributed by atoms with E-state index in [9.17, 15) is 4.39 Å². The van der Waals surface area contributed by atoms with E-state index in [1.807, 2.05) is 19.1 Å². The third-order valence-corrected chi connectivity index (χ3v) is 3.70. The van der Waals surface area contributed by atoms with Crippen molar-refractivity contribution in [2.45, 2.75) is 16.7 Å². The average Bonchev–Trinajstić information content (AvgIpc) is 2.42. The van der Waals surface area contributed by atoms with Crippen molar-refractivity contribution in [1.29, 1.82) is 0 Å². The zero-order valence-electron chi connectivity index (χ0n) is 10.3. The van der Waals surface area contributed by atoms with E-state index in [0.29, 0.717) is 10.5 Å². The van der Waals surface area contributed by atoms with Crippen LogP contribution >= 0.6 is 11.8 Å². The summed E-state index contributed by atoms with van der Waals surface area (Å²) in [5.74, 6) is -0.277. The van der Waals surface area contributed by atoms with E-state index in [0.717, 1.165) is 10.5 Å². The van der Waals surface area contributed by atoms with Crippen molar-refractivity contribution in [3.8, 4) is 0 Å². The molecule has 3 nitrogen and oxygen atoms in total. The molecule has 2 rings (SSSR count). The van der Waals surface area contributed by atoms with Crippen molar-refractivity contribution in [2.24, 2.45) is 10.9 Å². The van der Waals surface area contributed by atoms with Crippen LogP contribution in [0, 0.1) is 12.7 Å². The van der Waals surface area contributed by atoms with E-state index in [4.69, 9.17) is 10.9 Å². The van der Waals surface area contributed by atoms with Crippen LogP contribution in [-0.4, -0.2) is 11.0 Å². The Hall–Kier alpha value is -2.01. The van der Waals surface area contributed by atoms with E-state index < -0.39 is 0 Å². The molecule has 5 heteroatoms. The lowest BCUT2D eigenvalue weighted by Gasteiger charge is -2.09. The first-order chi connectivity index (χ1) is 9.11. The lowest BCUT2D eigenvalue weighted by Crippen LogP contribution is -2.14. The van der Waals surface area contributed by atoms with Crippen molar-refractivity contribution < 1.29 is 9.60 Å². The monoisotopic (exact) mass is 276 g/mol. The number of halogens is 1. The van der Waals surface area contributed by atoms with Gasteiger partial charge < -0.3 is 10.9 Å². The van der Waals surface area contributed by atoms with Crippen LogP contribution in [0.1, 0.15) is 11.1 Å². The Balaban J connectivity index is 2.43. The summed E-state index contributed by atoms with van der Waals surface area (Å²) in [6.45, 7) is 1.91. The molecule has 0 aromatic heterocycles. The quantitative estimate of drug-likeness (QED) is 0.391. The predicted molar refractivity (Wildman–Crippen MR) is 74.2 cm³/mol. The summed E-state index contributed by atoms with van der Waals surface area (Å²) < 4.78 is 13.6. The molecule has 0 aliphatic heterocycles. The molecule has 0 heterocycles. The second-order valence-corrected chi connectivity index (χ2v) is 5.10. The highest BCUT2D eigenvalue weighted by atomic mass is 32.2. The van der Waals surface area contributed by atoms with Crippen LogP contribution in [0.4, 0.5) is 4.39 Å². The molecule has 0 atom stereocenters. The second kappa shape index (κ2) is 5.75. The Morgan fingerprint density at radius 1 is 1.21 bits per heavy atom. The summed E-state index contributed by atoms with van der Waals surface area (Å²) in [4.78, 5) is 1.24. The smallest absolute Gasteiger partial charge is 0.171 e. The van der Waals surface area contributed by atoms with Crippen LogP contribution in [0.5, 0.6) is 0 Å². The molecule has 19 heavy (non-hydrogen) atoms. The summed E-state index contributed by atoms with van der Waals surface area (Å²) in [5.41, 5.74) is 7.23. The minimum absolute atomic E-state index is 0.0162. The predicted octanol–water partition coefficient (Wildman–Crippen LogP) is 3.38. The number of amidine groups is 1. The fraction of sp³-hybridized carbons (Fsp3) is 0.0714. The summed E-state index contributed by atoms with van der Waals surface area (Å²) in [6.07, 6.45) is 0. The standard InChI is InChI=1S/C14H13FN2OS/c1-9-6-7-12(10(8-9)14(16)17-18)19-13-5-3-2-4-11(13)15/h2-8,18H,1H3,(H2,16,17). The number of benzene rings is 2. The van der Waals surface area contributed by atoms with Crippen molar-refractivity contribution in [1.82, 2.24) is 0 Å². The van der Waals surface area contributed by atoms with Crippen molar-refractivity contribution >= 4 is 17.6 Å². The summed E-state index contributed by atoms with van der Waals surface area (Å²) in [7, 11) is 0. The fourth-order valence-corrected chi connectivity index (χ4v) is 2.59. The van der Waals surface area contributed by atoms with Gasteiger partial charge in [-0.25, -0.2) is 4.39 Å². The Labute approximate surface area is 114 Å². The van der Waals surface area contributed by atoms with Gasteiger partial charge in [0.05, 0.1) is 0 Å². The Bertz CT molecular complexity index is 629. The highest BCUT2D eigenvalue weighted by molar-refractivity contribution is 7.99. The van der Waals surface area contributed by atoms with Crippen LogP contribution in [0.15, 0.2) is 57.4 Å². The van der Waals surface area contributed by atoms with Gasteiger partial charge in [-0.3, -0.25) is 0 Å². The van der Waals surface area contributed by atoms with Crippen LogP contribution in [0.2, 0.25) is 0 Å². The number of aryl methyl sites for hydroxylation is 1. The second-order valence-electron chi connectivity index (χ2n) is 4.02. The number of hydrogen-bond acceptors (Lipinski definition) is 3. The van der Waals surface area contributed by atoms with Crippen molar-refractivity contribution in [2.75, 3.05) is 0 Å². The number of hydrogen-bond donors (Lipinski definition) is 2. The number of nitrogens with zero attached hydrogens (tertiary/aromatic N) is 1. The zero-order chi connectivity index (χ0) is 13.8. The van der Waals surface area contributed by atoms with Gasteiger partial charge in [0.2, 0.25) is 0 Å². The van der Waals surface area contributed by atoms with Crippen molar-refractivity contribution in [3.05, 3.63) is 59.4 Å². The SMILES string of the molecule is Cc1ccc(Sc2ccccc2F)c(/C(N)=N/O)c1. The van der Waals surface area contributed by atoms with Gasteiger partial charge in [0, 0.05) is 15.4 Å². The largest absolute Gasteiger partial charge is 0.409 e. The van der Waals surface area contributed by atoms with Crippen LogP contribution in [-0.2, 0) is 0 Å². The maximum absolute atomic E-state index is 13.6. The van der Waals surface area contributed by atoms with Gasteiger partial charge in [-0.15, -0.1) is 0 Å². The topological polar surface area (TPSA) is 58.6 Å². The van der Waals surface area contributed by atoms with Gasteiger partial charge in [0.25, 0.3) is 0 Å². The van der Waals surface area contributed by atoms with E-state index in [1.165, 1.54) is 17.8 Å². The average molecular weight is 276 g/mol. The molecule has 0 saturated carbocycles. The molecule has 0 radical (unpaired) electrons. The molecular formula is C14H13FN2OS. The van der Waals surface area contributed by atoms with Gasteiger partial charge in [0.1, 0.15) is 5.82 Å². The maximum Gasteiger partial charge on any atom is 0.171 e. The first-order valence-electron chi connectivity index (χ1n) is 5.62. The summed E-state index contributed by atoms with van der Waals surface area (Å²) in [5, 5.41) is 11.8. The van der Waals surface area contributed by atoms with Gasteiger partial charge in [-0.2, -0.15) is 0 Å². The van der Waals surface area contributed by atoms with Gasteiger partial charge in [-0.05, 0) is 31.2 Å². The lowest BCUT2D eigenvalue weighted by molar-refractivity contribution is 0.318. The minimum atomic E-state index is -0.293. The summed E-state index contributed by atoms with van der Waals surface area (Å²) >= 11 is 1.25. The first-order valence-corrected chi connectivity index (χ1v) is 6.44. The molecule has 2 aromatic rings. The van der Waals surface area contributed by atoms with Gasteiger partial charge >= 0.3 is 0 Å². The molecule has 0 fully saturated rings. The molecule has 3 N–H and O–H groups in total. The molecule has 0 unspecified atom stereocenters. The molecule has 0 saturated heterocycles. The molecule has 0 aliphatic carbocycles. The van der Waals surface area contributed by atoms with Gasteiger partial charge in [-0.1, -0.05) is 40.7 Å². The number of oxime groups is 1. The third kappa shape index (κ3) is 3.06. The molecule has 0 bridgehead atoms. The van der Waals surface area contributed by atoms with E-state index in [2.05, 4.69) is 5.16 Å². The Kier molecular flexibility index (Phi) is 4.06. The van der Waals surface area contributed by atoms with E-state index >= 15 is 0 Å². The van der Waals surface area contributed by atoms with E-state index in [1.54, 1.807) is 24.3 Å². The molecule has 98 valence electrons. The van der Waals surface area contributed by atoms with Crippen LogP contribution < -0.4 is 5.73 Å². The molecular weight excluding hydrogens is 263 g/mol. The lowest BCUT2D eigenvalue weighted by atomic mass is 10.1. The van der Waals surface area contributed by atoms with Crippen LogP contribution in [0.3, 0.4) is 0 Å². The molecule has 0 amide bonds. The number of rotatable bonds is 3. The molecule has 2 aromatic carbocycles. The first kappa shape index (κ1) is 13.4. The molecule has 0 aliphatic rings. The third-order valence-electron chi connectivity index (χ3n) is 2.58. The zero-order valence-corrected chi connectivity index (χ0v) is 11.1. The van der Waals surface area contributed by atoms with Gasteiger partial charge in [0.15, 0.2) is 5.84 Å². The minimum Gasteiger partial charge on any atom is -0.409 e. The highest BCUT2D eigenvalue weighted by Gasteiger charge is 2.11. The maximum atomic E-state index is 13.6. The Morgan fingerprint density at radius 3 is 2.63 bits per heavy atom.